The molecule has 2 aliphatic rings. The van der Waals surface area contributed by atoms with E-state index in [2.05, 4.69) is 19.1 Å². The topological polar surface area (TPSA) is 25.8 Å². The van der Waals surface area contributed by atoms with Gasteiger partial charge < -0.3 is 0 Å². The summed E-state index contributed by atoms with van der Waals surface area (Å²) in [5.74, 6) is -1.79. The molecule has 0 aliphatic carbocycles. The van der Waals surface area contributed by atoms with E-state index >= 15 is 0 Å². The van der Waals surface area contributed by atoms with E-state index in [0.717, 1.165) is 11.7 Å². The molecule has 2 aliphatic heterocycles. The van der Waals surface area contributed by atoms with Crippen LogP contribution in [0.1, 0.15) is 0 Å². The number of nitrogens with zero attached hydrogens (tertiary/aromatic N) is 2. The van der Waals surface area contributed by atoms with Gasteiger partial charge in [0.1, 0.15) is 11.0 Å². The number of allylic oxidation sites excluding steroid dienone is 2. The molecule has 21 heavy (non-hydrogen) atoms. The smallest absolute Gasteiger partial charge is 0.170 e. The first kappa shape index (κ1) is 12.8. The summed E-state index contributed by atoms with van der Waals surface area (Å²) in [5, 5.41) is 6.08. The van der Waals surface area contributed by atoms with E-state index in [9.17, 15) is 8.78 Å². The molecule has 0 fully saturated rings. The molecule has 7 heteroatoms. The van der Waals surface area contributed by atoms with Crippen LogP contribution in [0.25, 0.3) is 20.8 Å². The van der Waals surface area contributed by atoms with Gasteiger partial charge in [-0.25, -0.2) is 8.78 Å². The number of aromatic nitrogens is 2. The zero-order valence-corrected chi connectivity index (χ0v) is 12.6. The van der Waals surface area contributed by atoms with Crippen molar-refractivity contribution in [3.05, 3.63) is 46.4 Å². The average molecular weight is 334 g/mol. The van der Waals surface area contributed by atoms with Crippen LogP contribution in [0.5, 0.6) is 0 Å². The predicted molar refractivity (Wildman–Crippen MR) is 84.6 cm³/mol. The molecular weight excluding hydrogens is 330 g/mol. The molecule has 0 unspecified atom stereocenters. The Morgan fingerprint density at radius 2 is 1.29 bits per heavy atom. The number of fused-ring (bicyclic) bond motifs is 1. The SMILES string of the molecule is Fc1c(F)c(=C2C=CC#S2)c2nsnc2c1=C1C=CC#S1. The van der Waals surface area contributed by atoms with Crippen molar-refractivity contribution in [2.75, 3.05) is 0 Å². The van der Waals surface area contributed by atoms with Gasteiger partial charge in [-0.05, 0) is 24.3 Å². The Bertz CT molecular complexity index is 1030. The zero-order valence-electron chi connectivity index (χ0n) is 10.2. The monoisotopic (exact) mass is 334 g/mol. The van der Waals surface area contributed by atoms with Crippen LogP contribution in [-0.2, 0) is 0 Å². The van der Waals surface area contributed by atoms with Crippen LogP contribution in [0.3, 0.4) is 0 Å². The fourth-order valence-electron chi connectivity index (χ4n) is 2.14. The third-order valence-corrected chi connectivity index (χ3v) is 5.19. The molecule has 1 aromatic carbocycles. The van der Waals surface area contributed by atoms with Gasteiger partial charge in [-0.3, -0.25) is 0 Å². The van der Waals surface area contributed by atoms with Gasteiger partial charge in [-0.1, -0.05) is 32.7 Å². The quantitative estimate of drug-likeness (QED) is 0.740. The molecule has 0 spiro atoms. The second-order valence-corrected chi connectivity index (χ2v) is 6.46. The summed E-state index contributed by atoms with van der Waals surface area (Å²) >= 11 is 3.39. The average Bonchev–Trinajstić information content (AvgIpc) is 3.21. The molecule has 0 radical (unpaired) electrons. The molecule has 102 valence electrons. The van der Waals surface area contributed by atoms with Crippen molar-refractivity contribution in [3.63, 3.8) is 0 Å². The zero-order chi connectivity index (χ0) is 14.4. The van der Waals surface area contributed by atoms with Crippen molar-refractivity contribution in [2.24, 2.45) is 0 Å². The van der Waals surface area contributed by atoms with Crippen LogP contribution in [0.2, 0.25) is 0 Å². The minimum Gasteiger partial charge on any atom is -0.203 e. The Morgan fingerprint density at radius 3 is 1.67 bits per heavy atom. The third-order valence-electron chi connectivity index (χ3n) is 3.03. The second-order valence-electron chi connectivity index (χ2n) is 4.17. The summed E-state index contributed by atoms with van der Waals surface area (Å²) < 4.78 is 37.5. The number of halogens is 2. The molecule has 0 atom stereocenters. The fourth-order valence-corrected chi connectivity index (χ4v) is 4.08. The van der Waals surface area contributed by atoms with E-state index in [1.807, 2.05) is 0 Å². The van der Waals surface area contributed by atoms with Crippen LogP contribution in [0.15, 0.2) is 24.3 Å². The maximum atomic E-state index is 14.6. The number of benzene rings is 1. The van der Waals surface area contributed by atoms with Crippen molar-refractivity contribution in [1.82, 2.24) is 8.75 Å². The standard InChI is InChI=1S/C14H4F2N2S3/c15-11-9(7-3-1-5-19-7)13-14(18-21-17-13)10(12(11)16)8-4-2-6-20-8/h1-4H. The highest BCUT2D eigenvalue weighted by Crippen LogP contribution is 2.19. The molecule has 0 bridgehead atoms. The van der Waals surface area contributed by atoms with Gasteiger partial charge in [-0.2, -0.15) is 8.75 Å². The van der Waals surface area contributed by atoms with E-state index in [-0.39, 0.29) is 10.4 Å². The lowest BCUT2D eigenvalue weighted by molar-refractivity contribution is 0.500. The normalized spacial score (nSPS) is 20.5. The lowest BCUT2D eigenvalue weighted by atomic mass is 10.1. The molecule has 0 saturated heterocycles. The second kappa shape index (κ2) is 4.84. The van der Waals surface area contributed by atoms with E-state index in [1.54, 1.807) is 24.3 Å². The van der Waals surface area contributed by atoms with Gasteiger partial charge in [0.15, 0.2) is 11.6 Å². The lowest BCUT2D eigenvalue weighted by Crippen LogP contribution is -2.24. The molecule has 4 rings (SSSR count). The van der Waals surface area contributed by atoms with Gasteiger partial charge in [0.05, 0.1) is 22.2 Å². The summed E-state index contributed by atoms with van der Waals surface area (Å²) in [4.78, 5) is 1.18. The number of rotatable bonds is 0. The Kier molecular flexibility index (Phi) is 2.96. The van der Waals surface area contributed by atoms with Gasteiger partial charge in [0.25, 0.3) is 0 Å². The molecular formula is C14H4F2N2S3. The van der Waals surface area contributed by atoms with Crippen LogP contribution in [-0.4, -0.2) is 8.75 Å². The molecule has 2 aromatic rings. The molecule has 0 saturated carbocycles. The first-order valence-electron chi connectivity index (χ1n) is 5.83. The Balaban J connectivity index is 2.34. The summed E-state index contributed by atoms with van der Waals surface area (Å²) in [7, 11) is 0. The van der Waals surface area contributed by atoms with Crippen molar-refractivity contribution in [2.45, 2.75) is 0 Å². The van der Waals surface area contributed by atoms with E-state index in [0.29, 0.717) is 20.8 Å². The van der Waals surface area contributed by atoms with Crippen molar-refractivity contribution >= 4 is 54.9 Å². The summed E-state index contributed by atoms with van der Waals surface area (Å²) in [6, 6.07) is 0. The Labute approximate surface area is 129 Å². The van der Waals surface area contributed by atoms with E-state index in [1.165, 1.54) is 22.3 Å². The van der Waals surface area contributed by atoms with E-state index in [4.69, 9.17) is 0 Å². The minimum atomic E-state index is -0.894. The fraction of sp³-hybridized carbons (Fsp3) is 0. The van der Waals surface area contributed by atoms with Crippen molar-refractivity contribution in [1.29, 1.82) is 0 Å². The number of hydrogen-bond acceptors (Lipinski definition) is 3. The predicted octanol–water partition coefficient (Wildman–Crippen LogP) is 2.71. The third kappa shape index (κ3) is 1.87. The van der Waals surface area contributed by atoms with Crippen molar-refractivity contribution in [3.8, 4) is 10.4 Å². The van der Waals surface area contributed by atoms with E-state index < -0.39 is 11.6 Å². The molecule has 1 aromatic heterocycles. The molecule has 0 N–H and O–H groups in total. The highest BCUT2D eigenvalue weighted by molar-refractivity contribution is 7.98. The highest BCUT2D eigenvalue weighted by atomic mass is 32.1. The van der Waals surface area contributed by atoms with Crippen LogP contribution in [0, 0.1) is 22.0 Å². The largest absolute Gasteiger partial charge is 0.203 e. The maximum absolute atomic E-state index is 14.6. The van der Waals surface area contributed by atoms with Gasteiger partial charge in [-0.15, -0.1) is 0 Å². The minimum absolute atomic E-state index is 0.159. The van der Waals surface area contributed by atoms with Crippen molar-refractivity contribution < 1.29 is 8.78 Å². The molecule has 3 heterocycles. The first-order chi connectivity index (χ1) is 10.3. The van der Waals surface area contributed by atoms with Gasteiger partial charge >= 0.3 is 0 Å². The maximum Gasteiger partial charge on any atom is 0.170 e. The van der Waals surface area contributed by atoms with Crippen LogP contribution in [0.4, 0.5) is 8.78 Å². The molecule has 0 amide bonds. The lowest BCUT2D eigenvalue weighted by Gasteiger charge is -2.00. The number of hydrogen-bond donors (Lipinski definition) is 0. The van der Waals surface area contributed by atoms with Gasteiger partial charge in [0.2, 0.25) is 0 Å². The Hall–Kier alpha value is -1.88. The molecule has 2 nitrogen and oxygen atoms in total. The summed E-state index contributed by atoms with van der Waals surface area (Å²) in [6.45, 7) is 0. The summed E-state index contributed by atoms with van der Waals surface area (Å²) in [5.41, 5.74) is 0.774. The summed E-state index contributed by atoms with van der Waals surface area (Å²) in [6.07, 6.45) is 6.73. The first-order valence-corrected chi connectivity index (χ1v) is 8.19. The van der Waals surface area contributed by atoms with Gasteiger partial charge in [0, 0.05) is 9.81 Å². The Morgan fingerprint density at radius 1 is 0.810 bits per heavy atom. The van der Waals surface area contributed by atoms with Crippen LogP contribution < -0.4 is 10.4 Å². The highest BCUT2D eigenvalue weighted by Gasteiger charge is 2.19. The van der Waals surface area contributed by atoms with Crippen LogP contribution >= 0.6 is 34.1 Å².